The Hall–Kier alpha value is -2.52. The van der Waals surface area contributed by atoms with Crippen molar-refractivity contribution in [1.82, 2.24) is 0 Å². The lowest BCUT2D eigenvalue weighted by Gasteiger charge is -2.64. The predicted molar refractivity (Wildman–Crippen MR) is 120 cm³/mol. The second-order valence-corrected chi connectivity index (χ2v) is 11.9. The zero-order valence-electron chi connectivity index (χ0n) is 21.1. The number of Topliss-reactive ketones (excluding diaryl/α,β-unsaturated/α-hetero) is 1. The number of halogens is 4. The summed E-state index contributed by atoms with van der Waals surface area (Å²) in [6, 6.07) is 0. The highest BCUT2D eigenvalue weighted by molar-refractivity contribution is 6.01. The number of carbonyl (C=O) groups excluding carboxylic acids is 4. The molecule has 0 bridgehead atoms. The van der Waals surface area contributed by atoms with Crippen molar-refractivity contribution in [2.75, 3.05) is 0 Å². The van der Waals surface area contributed by atoms with Crippen LogP contribution in [0, 0.1) is 34.0 Å². The third-order valence-electron chi connectivity index (χ3n) is 10.2. The van der Waals surface area contributed by atoms with Crippen LogP contribution in [0.15, 0.2) is 23.8 Å². The van der Waals surface area contributed by atoms with Gasteiger partial charge in [0.2, 0.25) is 0 Å². The number of ketones is 2. The quantitative estimate of drug-likeness (QED) is 0.386. The van der Waals surface area contributed by atoms with Crippen LogP contribution < -0.4 is 0 Å². The fourth-order valence-corrected chi connectivity index (χ4v) is 8.24. The van der Waals surface area contributed by atoms with Gasteiger partial charge in [-0.1, -0.05) is 25.5 Å². The van der Waals surface area contributed by atoms with E-state index in [1.807, 2.05) is 6.92 Å². The number of ether oxygens (including phenoxy) is 2. The van der Waals surface area contributed by atoms with Gasteiger partial charge in [0, 0.05) is 36.5 Å². The van der Waals surface area contributed by atoms with E-state index in [9.17, 15) is 32.3 Å². The average Bonchev–Trinajstić information content (AvgIpc) is 3.49. The first-order chi connectivity index (χ1) is 17.0. The molecule has 0 radical (unpaired) electrons. The molecule has 1 spiro atoms. The molecule has 0 heterocycles. The van der Waals surface area contributed by atoms with E-state index >= 15 is 4.39 Å². The molecule has 0 aliphatic heterocycles. The molecule has 4 unspecified atom stereocenters. The number of hydrogen-bond acceptors (Lipinski definition) is 6. The third kappa shape index (κ3) is 3.35. The van der Waals surface area contributed by atoms with Gasteiger partial charge in [-0.3, -0.25) is 14.4 Å². The van der Waals surface area contributed by atoms with Crippen LogP contribution in [0.1, 0.15) is 59.8 Å². The Balaban J connectivity index is 1.61. The van der Waals surface area contributed by atoms with Gasteiger partial charge in [-0.25, -0.2) is 9.18 Å². The first kappa shape index (κ1) is 26.1. The largest absolute Gasteiger partial charge is 0.490 e. The van der Waals surface area contributed by atoms with Gasteiger partial charge in [0.25, 0.3) is 0 Å². The monoisotopic (exact) mass is 526 g/mol. The first-order valence-corrected chi connectivity index (χ1v) is 12.6. The summed E-state index contributed by atoms with van der Waals surface area (Å²) in [7, 11) is 0. The lowest BCUT2D eigenvalue weighted by Crippen LogP contribution is -2.70. The molecule has 4 fully saturated rings. The summed E-state index contributed by atoms with van der Waals surface area (Å²) < 4.78 is 67.9. The van der Waals surface area contributed by atoms with Gasteiger partial charge >= 0.3 is 18.1 Å². The molecule has 4 saturated carbocycles. The molecule has 0 aromatic rings. The molecule has 5 aliphatic carbocycles. The van der Waals surface area contributed by atoms with Gasteiger partial charge in [-0.2, -0.15) is 13.2 Å². The Kier molecular flexibility index (Phi) is 5.47. The predicted octanol–water partition coefficient (Wildman–Crippen LogP) is 4.61. The van der Waals surface area contributed by atoms with Gasteiger partial charge in [-0.15, -0.1) is 0 Å². The van der Waals surface area contributed by atoms with Crippen LogP contribution in [0.25, 0.3) is 0 Å². The van der Waals surface area contributed by atoms with Crippen LogP contribution in [0.5, 0.6) is 0 Å². The summed E-state index contributed by atoms with van der Waals surface area (Å²) in [5, 5.41) is 0. The molecule has 0 amide bonds. The minimum Gasteiger partial charge on any atom is -0.461 e. The van der Waals surface area contributed by atoms with Crippen molar-refractivity contribution in [2.45, 2.75) is 83.9 Å². The van der Waals surface area contributed by atoms with Gasteiger partial charge in [-0.05, 0) is 50.2 Å². The van der Waals surface area contributed by atoms with E-state index in [0.29, 0.717) is 24.8 Å². The maximum absolute atomic E-state index is 17.7. The van der Waals surface area contributed by atoms with Crippen molar-refractivity contribution in [3.05, 3.63) is 23.8 Å². The molecular formula is C27H30F4O6. The van der Waals surface area contributed by atoms with Crippen molar-refractivity contribution in [1.29, 1.82) is 0 Å². The van der Waals surface area contributed by atoms with E-state index in [2.05, 4.69) is 0 Å². The molecule has 0 saturated heterocycles. The molecular weight excluding hydrogens is 496 g/mol. The second kappa shape index (κ2) is 7.76. The number of alkyl halides is 4. The standard InChI is InChI=1S/C27H30F4O6/c1-13-9-18-17-6-5-15-10-16(33)7-8-24(15,4)26(17,28)20(37-22(35)27(29,30)31)11-23(18,3)21(34)25(13)12-19(25)36-14(2)32/h7-8,10,13,17-20H,5-6,9,11-12H2,1-4H3/t13-,17?,18?,19?,20-,23-,24-,25?,26-/m0/s1. The highest BCUT2D eigenvalue weighted by Crippen LogP contribution is 2.72. The molecule has 0 N–H and O–H groups in total. The minimum atomic E-state index is -5.35. The van der Waals surface area contributed by atoms with E-state index in [0.717, 1.165) is 0 Å². The highest BCUT2D eigenvalue weighted by atomic mass is 19.4. The Morgan fingerprint density at radius 1 is 1.05 bits per heavy atom. The Morgan fingerprint density at radius 3 is 2.35 bits per heavy atom. The topological polar surface area (TPSA) is 86.7 Å². The van der Waals surface area contributed by atoms with Gasteiger partial charge in [0.15, 0.2) is 11.5 Å². The number of carbonyl (C=O) groups is 4. The van der Waals surface area contributed by atoms with Crippen LogP contribution in [-0.4, -0.2) is 47.6 Å². The van der Waals surface area contributed by atoms with Crippen molar-refractivity contribution in [2.24, 2.45) is 34.0 Å². The summed E-state index contributed by atoms with van der Waals surface area (Å²) in [6.45, 7) is 6.26. The van der Waals surface area contributed by atoms with E-state index in [1.54, 1.807) is 6.92 Å². The van der Waals surface area contributed by atoms with Crippen LogP contribution in [0.3, 0.4) is 0 Å². The average molecular weight is 527 g/mol. The van der Waals surface area contributed by atoms with Crippen LogP contribution >= 0.6 is 0 Å². The van der Waals surface area contributed by atoms with Crippen molar-refractivity contribution < 1.29 is 46.2 Å². The van der Waals surface area contributed by atoms with Gasteiger partial charge in [0.1, 0.15) is 18.0 Å². The summed E-state index contributed by atoms with van der Waals surface area (Å²) in [5.41, 5.74) is -5.78. The highest BCUT2D eigenvalue weighted by Gasteiger charge is 2.78. The molecule has 37 heavy (non-hydrogen) atoms. The summed E-state index contributed by atoms with van der Waals surface area (Å²) in [4.78, 5) is 49.8. The molecule has 0 aromatic heterocycles. The normalized spacial score (nSPS) is 46.4. The Morgan fingerprint density at radius 2 is 1.73 bits per heavy atom. The Bertz CT molecular complexity index is 1160. The Labute approximate surface area is 211 Å². The van der Waals surface area contributed by atoms with Gasteiger partial charge in [0.05, 0.1) is 5.41 Å². The number of esters is 2. The van der Waals surface area contributed by atoms with E-state index < -0.39 is 70.5 Å². The van der Waals surface area contributed by atoms with E-state index in [-0.39, 0.29) is 23.9 Å². The van der Waals surface area contributed by atoms with Crippen LogP contribution in [-0.2, 0) is 28.7 Å². The molecule has 6 nitrogen and oxygen atoms in total. The van der Waals surface area contributed by atoms with E-state index in [4.69, 9.17) is 9.47 Å². The number of fused-ring (bicyclic) bond motifs is 5. The van der Waals surface area contributed by atoms with Crippen molar-refractivity contribution in [3.8, 4) is 0 Å². The smallest absolute Gasteiger partial charge is 0.461 e. The zero-order chi connectivity index (χ0) is 27.3. The van der Waals surface area contributed by atoms with Crippen LogP contribution in [0.2, 0.25) is 0 Å². The maximum Gasteiger partial charge on any atom is 0.490 e. The number of rotatable bonds is 2. The fourth-order valence-electron chi connectivity index (χ4n) is 8.24. The van der Waals surface area contributed by atoms with E-state index in [1.165, 1.54) is 32.1 Å². The second-order valence-electron chi connectivity index (χ2n) is 11.9. The summed E-state index contributed by atoms with van der Waals surface area (Å²) in [6.07, 6.45) is -3.16. The lowest BCUT2D eigenvalue weighted by molar-refractivity contribution is -0.244. The third-order valence-corrected chi connectivity index (χ3v) is 10.2. The summed E-state index contributed by atoms with van der Waals surface area (Å²) in [5.74, 6) is -5.33. The molecule has 5 rings (SSSR count). The van der Waals surface area contributed by atoms with Gasteiger partial charge < -0.3 is 9.47 Å². The van der Waals surface area contributed by atoms with Crippen LogP contribution in [0.4, 0.5) is 17.6 Å². The molecule has 9 atom stereocenters. The lowest BCUT2D eigenvalue weighted by atomic mass is 9.41. The fraction of sp³-hybridized carbons (Fsp3) is 0.704. The molecule has 10 heteroatoms. The molecule has 202 valence electrons. The molecule has 5 aliphatic rings. The van der Waals surface area contributed by atoms with Crippen molar-refractivity contribution in [3.63, 3.8) is 0 Å². The number of hydrogen-bond donors (Lipinski definition) is 0. The molecule has 0 aromatic carbocycles. The minimum absolute atomic E-state index is 0.194. The first-order valence-electron chi connectivity index (χ1n) is 12.6. The SMILES string of the molecule is CC(=O)OC1CC12C(=O)[C@@]1(C)C[C@H](OC(=O)C(F)(F)F)[C@@]3(F)C(CCC4=CC(=O)C=C[C@@]43C)C1C[C@@H]2C. The zero-order valence-corrected chi connectivity index (χ0v) is 21.1. The summed E-state index contributed by atoms with van der Waals surface area (Å²) >= 11 is 0. The van der Waals surface area contributed by atoms with Crippen molar-refractivity contribution >= 4 is 23.5 Å². The maximum atomic E-state index is 17.7. The number of allylic oxidation sites excluding steroid dienone is 4.